The molecule has 0 atom stereocenters. The van der Waals surface area contributed by atoms with Crippen LogP contribution < -0.4 is 0 Å². The van der Waals surface area contributed by atoms with Gasteiger partial charge in [-0.25, -0.2) is 0 Å². The van der Waals surface area contributed by atoms with Gasteiger partial charge in [0.1, 0.15) is 0 Å². The molecule has 0 aromatic heterocycles. The molecule has 0 unspecified atom stereocenters. The van der Waals surface area contributed by atoms with Crippen LogP contribution >= 0.6 is 0 Å². The van der Waals surface area contributed by atoms with Crippen molar-refractivity contribution in [1.29, 1.82) is 0 Å². The Morgan fingerprint density at radius 2 is 1.00 bits per heavy atom. The lowest BCUT2D eigenvalue weighted by molar-refractivity contribution is 0.863. The molecule has 0 aromatic carbocycles. The monoisotopic (exact) mass is 268 g/mol. The van der Waals surface area contributed by atoms with Gasteiger partial charge in [-0.05, 0) is 35.1 Å². The summed E-state index contributed by atoms with van der Waals surface area (Å²) in [6.07, 6.45) is 20.3. The minimum absolute atomic E-state index is 0.544. The van der Waals surface area contributed by atoms with Crippen LogP contribution in [0.15, 0.2) is 70.9 Å². The lowest BCUT2D eigenvalue weighted by Gasteiger charge is -2.08. The Balaban J connectivity index is 0.000000461. The number of allylic oxidation sites excluding steroid dienone is 12. The Hall–Kier alpha value is -1.56. The van der Waals surface area contributed by atoms with Gasteiger partial charge in [-0.1, -0.05) is 83.2 Å². The maximum Gasteiger partial charge on any atom is 0.00730 e. The van der Waals surface area contributed by atoms with Gasteiger partial charge in [0, 0.05) is 5.92 Å². The van der Waals surface area contributed by atoms with E-state index in [0.29, 0.717) is 5.92 Å². The van der Waals surface area contributed by atoms with Gasteiger partial charge in [0.15, 0.2) is 0 Å². The van der Waals surface area contributed by atoms with E-state index in [4.69, 9.17) is 0 Å². The molecule has 108 valence electrons. The zero-order valence-electron chi connectivity index (χ0n) is 13.6. The average molecular weight is 268 g/mol. The Bertz CT molecular complexity index is 444. The highest BCUT2D eigenvalue weighted by Gasteiger charge is 2.26. The highest BCUT2D eigenvalue weighted by molar-refractivity contribution is 5.65. The van der Waals surface area contributed by atoms with E-state index >= 15 is 0 Å². The molecule has 0 heteroatoms. The molecule has 3 aliphatic rings. The predicted octanol–water partition coefficient (Wildman–Crippen LogP) is 6.31. The van der Waals surface area contributed by atoms with E-state index in [0.717, 1.165) is 12.8 Å². The SMILES string of the molecule is CC.CC.CC1C2=C(C=CCC=C2)C2=C1C=CCC=C2. The number of hydrogen-bond donors (Lipinski definition) is 0. The summed E-state index contributed by atoms with van der Waals surface area (Å²) in [4.78, 5) is 0. The van der Waals surface area contributed by atoms with Crippen LogP contribution in [0.5, 0.6) is 0 Å². The maximum atomic E-state index is 2.31. The Morgan fingerprint density at radius 1 is 0.650 bits per heavy atom. The van der Waals surface area contributed by atoms with Crippen molar-refractivity contribution < 1.29 is 0 Å². The second-order valence-electron chi connectivity index (χ2n) is 4.54. The first kappa shape index (κ1) is 16.5. The average Bonchev–Trinajstić information content (AvgIpc) is 2.80. The molecular formula is C20H28. The van der Waals surface area contributed by atoms with Gasteiger partial charge in [-0.15, -0.1) is 0 Å². The van der Waals surface area contributed by atoms with E-state index in [2.05, 4.69) is 55.5 Å². The summed E-state index contributed by atoms with van der Waals surface area (Å²) in [6.45, 7) is 10.3. The molecule has 3 rings (SSSR count). The third-order valence-electron chi connectivity index (χ3n) is 3.55. The van der Waals surface area contributed by atoms with Crippen molar-refractivity contribution in [3.63, 3.8) is 0 Å². The standard InChI is InChI=1S/C16H16.2C2H6/c1-12-13-8-4-2-6-10-15(13)16-11-7-3-5-9-14(12)16;2*1-2/h4-12H,2-3H2,1H3;2*1-2H3. The van der Waals surface area contributed by atoms with Crippen LogP contribution in [0, 0.1) is 5.92 Å². The highest BCUT2D eigenvalue weighted by atomic mass is 14.3. The first-order chi connectivity index (χ1) is 9.88. The molecule has 0 fully saturated rings. The largest absolute Gasteiger partial charge is 0.0804 e. The molecule has 0 nitrogen and oxygen atoms in total. The second kappa shape index (κ2) is 8.58. The zero-order valence-corrected chi connectivity index (χ0v) is 13.6. The van der Waals surface area contributed by atoms with Gasteiger partial charge in [-0.3, -0.25) is 0 Å². The first-order valence-electron chi connectivity index (χ1n) is 8.03. The molecule has 0 bridgehead atoms. The predicted molar refractivity (Wildman–Crippen MR) is 91.7 cm³/mol. The van der Waals surface area contributed by atoms with Gasteiger partial charge in [0.05, 0.1) is 0 Å². The molecule has 0 spiro atoms. The lowest BCUT2D eigenvalue weighted by atomic mass is 9.96. The normalized spacial score (nSPS) is 19.4. The Morgan fingerprint density at radius 3 is 1.40 bits per heavy atom. The van der Waals surface area contributed by atoms with Crippen molar-refractivity contribution in [2.45, 2.75) is 47.5 Å². The molecule has 0 aliphatic heterocycles. The van der Waals surface area contributed by atoms with Gasteiger partial charge >= 0.3 is 0 Å². The fourth-order valence-electron chi connectivity index (χ4n) is 2.70. The van der Waals surface area contributed by atoms with E-state index in [1.807, 2.05) is 27.7 Å². The molecule has 0 radical (unpaired) electrons. The van der Waals surface area contributed by atoms with Crippen LogP contribution in [0.3, 0.4) is 0 Å². The van der Waals surface area contributed by atoms with Crippen molar-refractivity contribution >= 4 is 0 Å². The van der Waals surface area contributed by atoms with Crippen molar-refractivity contribution in [2.24, 2.45) is 5.92 Å². The van der Waals surface area contributed by atoms with E-state index in [9.17, 15) is 0 Å². The summed E-state index contributed by atoms with van der Waals surface area (Å²) in [5.41, 5.74) is 5.82. The molecule has 0 saturated carbocycles. The Labute approximate surface area is 125 Å². The topological polar surface area (TPSA) is 0 Å². The summed E-state index contributed by atoms with van der Waals surface area (Å²) < 4.78 is 0. The third kappa shape index (κ3) is 3.30. The molecule has 0 heterocycles. The van der Waals surface area contributed by atoms with Crippen molar-refractivity contribution in [3.8, 4) is 0 Å². The van der Waals surface area contributed by atoms with Crippen LogP contribution in [0.25, 0.3) is 0 Å². The van der Waals surface area contributed by atoms with Crippen molar-refractivity contribution in [3.05, 3.63) is 70.9 Å². The van der Waals surface area contributed by atoms with Crippen LogP contribution in [-0.4, -0.2) is 0 Å². The summed E-state index contributed by atoms with van der Waals surface area (Å²) in [7, 11) is 0. The molecule has 0 saturated heterocycles. The van der Waals surface area contributed by atoms with Gasteiger partial charge < -0.3 is 0 Å². The van der Waals surface area contributed by atoms with Crippen molar-refractivity contribution in [1.82, 2.24) is 0 Å². The maximum absolute atomic E-state index is 2.31. The minimum Gasteiger partial charge on any atom is -0.0804 e. The third-order valence-corrected chi connectivity index (χ3v) is 3.55. The summed E-state index contributed by atoms with van der Waals surface area (Å²) in [5, 5.41) is 0. The fourth-order valence-corrected chi connectivity index (χ4v) is 2.70. The van der Waals surface area contributed by atoms with Gasteiger partial charge in [-0.2, -0.15) is 0 Å². The van der Waals surface area contributed by atoms with E-state index in [1.54, 1.807) is 0 Å². The van der Waals surface area contributed by atoms with Crippen LogP contribution in [0.4, 0.5) is 0 Å². The summed E-state index contributed by atoms with van der Waals surface area (Å²) >= 11 is 0. The number of rotatable bonds is 0. The second-order valence-corrected chi connectivity index (χ2v) is 4.54. The molecular weight excluding hydrogens is 240 g/mol. The quantitative estimate of drug-likeness (QED) is 0.482. The van der Waals surface area contributed by atoms with Gasteiger partial charge in [0.25, 0.3) is 0 Å². The van der Waals surface area contributed by atoms with E-state index in [-0.39, 0.29) is 0 Å². The summed E-state index contributed by atoms with van der Waals surface area (Å²) in [6, 6.07) is 0. The molecule has 0 amide bonds. The number of hydrogen-bond acceptors (Lipinski definition) is 0. The lowest BCUT2D eigenvalue weighted by Crippen LogP contribution is -1.95. The molecule has 0 aromatic rings. The molecule has 20 heavy (non-hydrogen) atoms. The first-order valence-corrected chi connectivity index (χ1v) is 8.03. The van der Waals surface area contributed by atoms with E-state index < -0.39 is 0 Å². The highest BCUT2D eigenvalue weighted by Crippen LogP contribution is 2.41. The molecule has 0 N–H and O–H groups in total. The Kier molecular flexibility index (Phi) is 7.08. The molecule has 3 aliphatic carbocycles. The minimum atomic E-state index is 0.544. The van der Waals surface area contributed by atoms with Crippen LogP contribution in [0.2, 0.25) is 0 Å². The van der Waals surface area contributed by atoms with Crippen molar-refractivity contribution in [2.75, 3.05) is 0 Å². The van der Waals surface area contributed by atoms with Crippen LogP contribution in [0.1, 0.15) is 47.5 Å². The smallest absolute Gasteiger partial charge is 0.00730 e. The van der Waals surface area contributed by atoms with E-state index in [1.165, 1.54) is 22.3 Å². The fraction of sp³-hybridized carbons (Fsp3) is 0.400. The zero-order chi connectivity index (χ0) is 15.0. The van der Waals surface area contributed by atoms with Crippen LogP contribution in [-0.2, 0) is 0 Å². The van der Waals surface area contributed by atoms with Gasteiger partial charge in [0.2, 0.25) is 0 Å². The number of fused-ring (bicyclic) bond motifs is 1. The summed E-state index contributed by atoms with van der Waals surface area (Å²) in [5.74, 6) is 0.544.